The van der Waals surface area contributed by atoms with Gasteiger partial charge < -0.3 is 24.3 Å². The molecular weight excluding hydrogens is 434 g/mol. The molecule has 0 fully saturated rings. The first-order valence-corrected chi connectivity index (χ1v) is 11.6. The number of thiophene rings is 1. The average molecular weight is 470 g/mol. The van der Waals surface area contributed by atoms with Crippen molar-refractivity contribution < 1.29 is 24.1 Å². The third kappa shape index (κ3) is 7.63. The van der Waals surface area contributed by atoms with E-state index in [1.165, 1.54) is 0 Å². The summed E-state index contributed by atoms with van der Waals surface area (Å²) < 4.78 is 15.9. The summed E-state index contributed by atoms with van der Waals surface area (Å²) in [5.41, 5.74) is -0.0499. The maximum Gasteiger partial charge on any atom is 0.348 e. The Bertz CT molecular complexity index is 950. The van der Waals surface area contributed by atoms with E-state index in [0.29, 0.717) is 52.7 Å². The van der Waals surface area contributed by atoms with E-state index >= 15 is 0 Å². The number of aromatic amines is 1. The van der Waals surface area contributed by atoms with Crippen LogP contribution in [-0.4, -0.2) is 77.7 Å². The molecule has 10 heteroatoms. The molecule has 0 radical (unpaired) electrons. The van der Waals surface area contributed by atoms with Gasteiger partial charge in [-0.3, -0.25) is 9.69 Å². The Morgan fingerprint density at radius 3 is 2.69 bits per heavy atom. The Labute approximate surface area is 192 Å². The molecule has 0 aliphatic carbocycles. The summed E-state index contributed by atoms with van der Waals surface area (Å²) in [4.78, 5) is 35.3. The number of methoxy groups -OCH3 is 1. The second-order valence-electron chi connectivity index (χ2n) is 8.63. The highest BCUT2D eigenvalue weighted by Gasteiger charge is 2.22. The summed E-state index contributed by atoms with van der Waals surface area (Å²) >= 11 is 1.16. The smallest absolute Gasteiger partial charge is 0.348 e. The van der Waals surface area contributed by atoms with Crippen LogP contribution in [0.25, 0.3) is 10.2 Å². The zero-order valence-electron chi connectivity index (χ0n) is 19.8. The first-order chi connectivity index (χ1) is 15.1. The number of carbonyl (C=O) groups is 1. The topological polar surface area (TPSA) is 114 Å². The molecule has 2 aromatic rings. The fourth-order valence-electron chi connectivity index (χ4n) is 3.23. The number of esters is 1. The Balaban J connectivity index is 2.22. The maximum absolute atomic E-state index is 12.7. The first kappa shape index (κ1) is 26.4. The van der Waals surface area contributed by atoms with Gasteiger partial charge in [-0.1, -0.05) is 0 Å². The van der Waals surface area contributed by atoms with Gasteiger partial charge in [0.15, 0.2) is 0 Å². The maximum atomic E-state index is 12.7. The molecule has 0 saturated carbocycles. The van der Waals surface area contributed by atoms with E-state index in [2.05, 4.69) is 9.97 Å². The lowest BCUT2D eigenvalue weighted by Crippen LogP contribution is -2.38. The number of ether oxygens (including phenoxy) is 3. The molecule has 2 rings (SSSR count). The van der Waals surface area contributed by atoms with Crippen LogP contribution in [0.5, 0.6) is 0 Å². The molecule has 0 spiro atoms. The lowest BCUT2D eigenvalue weighted by Gasteiger charge is -2.27. The molecule has 0 aliphatic rings. The lowest BCUT2D eigenvalue weighted by atomic mass is 10.2. The molecule has 180 valence electrons. The number of hydrogen-bond donors (Lipinski definition) is 2. The minimum absolute atomic E-state index is 0.209. The number of aliphatic hydroxyl groups excluding tert-OH is 1. The van der Waals surface area contributed by atoms with Gasteiger partial charge >= 0.3 is 5.97 Å². The van der Waals surface area contributed by atoms with Crippen molar-refractivity contribution in [3.8, 4) is 0 Å². The zero-order chi connectivity index (χ0) is 23.9. The van der Waals surface area contributed by atoms with Crippen LogP contribution in [0, 0.1) is 6.92 Å². The van der Waals surface area contributed by atoms with Crippen molar-refractivity contribution in [1.29, 1.82) is 0 Å². The average Bonchev–Trinajstić information content (AvgIpc) is 3.03. The number of aromatic nitrogens is 2. The van der Waals surface area contributed by atoms with Crippen molar-refractivity contribution in [2.75, 3.05) is 40.0 Å². The predicted molar refractivity (Wildman–Crippen MR) is 124 cm³/mol. The van der Waals surface area contributed by atoms with Crippen LogP contribution in [0.1, 0.15) is 55.2 Å². The van der Waals surface area contributed by atoms with Gasteiger partial charge in [0, 0.05) is 26.8 Å². The molecule has 0 saturated heterocycles. The number of hydrogen-bond acceptors (Lipinski definition) is 9. The number of nitrogens with zero attached hydrogens (tertiary/aromatic N) is 2. The highest BCUT2D eigenvalue weighted by molar-refractivity contribution is 7.20. The highest BCUT2D eigenvalue weighted by Crippen LogP contribution is 2.27. The van der Waals surface area contributed by atoms with Crippen molar-refractivity contribution in [2.45, 2.75) is 59.3 Å². The van der Waals surface area contributed by atoms with Crippen LogP contribution >= 0.6 is 11.3 Å². The lowest BCUT2D eigenvalue weighted by molar-refractivity contribution is -0.0571. The van der Waals surface area contributed by atoms with E-state index in [4.69, 9.17) is 14.2 Å². The summed E-state index contributed by atoms with van der Waals surface area (Å²) in [7, 11) is 1.64. The molecule has 32 heavy (non-hydrogen) atoms. The van der Waals surface area contributed by atoms with Crippen molar-refractivity contribution in [2.24, 2.45) is 0 Å². The quantitative estimate of drug-likeness (QED) is 0.360. The van der Waals surface area contributed by atoms with Gasteiger partial charge in [0.25, 0.3) is 5.56 Å². The fraction of sp³-hybridized carbons (Fsp3) is 0.682. The number of carbonyl (C=O) groups excluding carboxylic acids is 1. The third-order valence-corrected chi connectivity index (χ3v) is 5.85. The van der Waals surface area contributed by atoms with E-state index in [1.807, 2.05) is 25.7 Å². The van der Waals surface area contributed by atoms with Crippen LogP contribution in [0.15, 0.2) is 4.79 Å². The number of fused-ring (bicyclic) bond motifs is 1. The van der Waals surface area contributed by atoms with Crippen LogP contribution in [0.2, 0.25) is 0 Å². The number of aliphatic hydroxyl groups is 1. The van der Waals surface area contributed by atoms with Gasteiger partial charge in [0.2, 0.25) is 0 Å². The van der Waals surface area contributed by atoms with Crippen molar-refractivity contribution in [3.05, 3.63) is 26.6 Å². The normalized spacial score (nSPS) is 13.1. The van der Waals surface area contributed by atoms with E-state index in [-0.39, 0.29) is 24.4 Å². The van der Waals surface area contributed by atoms with Crippen molar-refractivity contribution >= 4 is 27.5 Å². The fourth-order valence-corrected chi connectivity index (χ4v) is 4.33. The van der Waals surface area contributed by atoms with Gasteiger partial charge in [-0.15, -0.1) is 11.3 Å². The van der Waals surface area contributed by atoms with Gasteiger partial charge in [-0.25, -0.2) is 9.78 Å². The third-order valence-electron chi connectivity index (χ3n) is 4.68. The Morgan fingerprint density at radius 1 is 1.34 bits per heavy atom. The van der Waals surface area contributed by atoms with E-state index < -0.39 is 12.1 Å². The van der Waals surface area contributed by atoms with Gasteiger partial charge in [-0.05, 0) is 46.6 Å². The van der Waals surface area contributed by atoms with Gasteiger partial charge in [-0.2, -0.15) is 0 Å². The number of aryl methyl sites for hydroxylation is 1. The molecule has 1 unspecified atom stereocenters. The monoisotopic (exact) mass is 469 g/mol. The standard InChI is InChI=1S/C22H35N3O6S/c1-7-30-21(28)18-14(2)17-19(27)23-16(24-20(17)32-18)12-25(9-8-10-29-6)11-15(26)13-31-22(3,4)5/h15,26H,7-13H2,1-6H3,(H,23,24,27). The predicted octanol–water partition coefficient (Wildman–Crippen LogP) is 2.48. The van der Waals surface area contributed by atoms with Crippen LogP contribution in [0.3, 0.4) is 0 Å². The molecule has 2 heterocycles. The molecular formula is C22H35N3O6S. The van der Waals surface area contributed by atoms with Gasteiger partial charge in [0.1, 0.15) is 15.5 Å². The van der Waals surface area contributed by atoms with E-state index in [0.717, 1.165) is 17.8 Å². The molecule has 2 aromatic heterocycles. The molecule has 0 bridgehead atoms. The molecule has 0 amide bonds. The first-order valence-electron chi connectivity index (χ1n) is 10.8. The Kier molecular flexibility index (Phi) is 9.78. The summed E-state index contributed by atoms with van der Waals surface area (Å²) in [6.07, 6.45) is 0.0765. The summed E-state index contributed by atoms with van der Waals surface area (Å²) in [6, 6.07) is 0. The summed E-state index contributed by atoms with van der Waals surface area (Å²) in [5.74, 6) is 0.0256. The Hall–Kier alpha value is -1.85. The second kappa shape index (κ2) is 11.9. The van der Waals surface area contributed by atoms with E-state index in [1.54, 1.807) is 21.0 Å². The van der Waals surface area contributed by atoms with Gasteiger partial charge in [0.05, 0.1) is 36.8 Å². The SMILES string of the molecule is CCOC(=O)c1sc2nc(CN(CCCOC)CC(O)COC(C)(C)C)[nH]c(=O)c2c1C. The van der Waals surface area contributed by atoms with E-state index in [9.17, 15) is 14.7 Å². The summed E-state index contributed by atoms with van der Waals surface area (Å²) in [5, 5.41) is 10.9. The number of nitrogens with one attached hydrogen (secondary N) is 1. The van der Waals surface area contributed by atoms with Crippen LogP contribution in [0.4, 0.5) is 0 Å². The molecule has 0 aromatic carbocycles. The minimum Gasteiger partial charge on any atom is -0.462 e. The number of rotatable bonds is 12. The highest BCUT2D eigenvalue weighted by atomic mass is 32.1. The molecule has 1 atom stereocenters. The largest absolute Gasteiger partial charge is 0.462 e. The van der Waals surface area contributed by atoms with Crippen molar-refractivity contribution in [1.82, 2.24) is 14.9 Å². The number of H-pyrrole nitrogens is 1. The second-order valence-corrected chi connectivity index (χ2v) is 9.63. The molecule has 2 N–H and O–H groups in total. The zero-order valence-corrected chi connectivity index (χ0v) is 20.6. The summed E-state index contributed by atoms with van der Waals surface area (Å²) in [6.45, 7) is 11.7. The molecule has 0 aliphatic heterocycles. The van der Waals surface area contributed by atoms with Crippen LogP contribution in [-0.2, 0) is 20.8 Å². The van der Waals surface area contributed by atoms with Crippen LogP contribution < -0.4 is 5.56 Å². The molecule has 9 nitrogen and oxygen atoms in total. The Morgan fingerprint density at radius 2 is 2.06 bits per heavy atom. The minimum atomic E-state index is -0.688. The van der Waals surface area contributed by atoms with Crippen molar-refractivity contribution in [3.63, 3.8) is 0 Å².